The minimum atomic E-state index is -0.0938. The number of carbonyl (C=O) groups excluding carboxylic acids is 1. The predicted octanol–water partition coefficient (Wildman–Crippen LogP) is 5.92. The third kappa shape index (κ3) is 5.32. The zero-order valence-electron chi connectivity index (χ0n) is 18.9. The Morgan fingerprint density at radius 1 is 1.10 bits per heavy atom. The summed E-state index contributed by atoms with van der Waals surface area (Å²) in [7, 11) is 0. The number of piperidine rings is 1. The number of amides is 1. The van der Waals surface area contributed by atoms with Crippen LogP contribution in [0.1, 0.15) is 79.5 Å². The lowest BCUT2D eigenvalue weighted by Gasteiger charge is -2.26. The van der Waals surface area contributed by atoms with Crippen LogP contribution in [0.25, 0.3) is 11.4 Å². The van der Waals surface area contributed by atoms with Crippen molar-refractivity contribution in [3.8, 4) is 11.4 Å². The quantitative estimate of drug-likeness (QED) is 0.603. The lowest BCUT2D eigenvalue weighted by atomic mass is 9.87. The second-order valence-corrected chi connectivity index (χ2v) is 9.70. The van der Waals surface area contributed by atoms with Gasteiger partial charge in [0.15, 0.2) is 5.69 Å². The number of benzene rings is 1. The summed E-state index contributed by atoms with van der Waals surface area (Å²) >= 11 is 6.21. The number of rotatable bonds is 6. The number of aromatic nitrogens is 2. The molecule has 2 aliphatic rings. The van der Waals surface area contributed by atoms with Crippen LogP contribution in [0.15, 0.2) is 18.2 Å². The number of hydrogen-bond donors (Lipinski definition) is 1. The van der Waals surface area contributed by atoms with Crippen molar-refractivity contribution in [3.05, 3.63) is 40.2 Å². The van der Waals surface area contributed by atoms with Crippen molar-refractivity contribution in [2.75, 3.05) is 13.1 Å². The summed E-state index contributed by atoms with van der Waals surface area (Å²) in [5.74, 6) is 1.57. The van der Waals surface area contributed by atoms with Gasteiger partial charge in [0.05, 0.1) is 0 Å². The van der Waals surface area contributed by atoms with Gasteiger partial charge < -0.3 is 4.57 Å². The molecule has 5 nitrogen and oxygen atoms in total. The van der Waals surface area contributed by atoms with Gasteiger partial charge in [-0.2, -0.15) is 0 Å². The van der Waals surface area contributed by atoms with E-state index in [1.807, 2.05) is 30.1 Å². The predicted molar refractivity (Wildman–Crippen MR) is 126 cm³/mol. The normalized spacial score (nSPS) is 18.3. The highest BCUT2D eigenvalue weighted by Gasteiger charge is 2.24. The molecule has 0 spiro atoms. The van der Waals surface area contributed by atoms with Crippen LogP contribution >= 0.6 is 11.6 Å². The molecule has 1 aromatic carbocycles. The number of aryl methyl sites for hydroxylation is 1. The maximum Gasteiger partial charge on any atom is 0.286 e. The Morgan fingerprint density at radius 2 is 1.81 bits per heavy atom. The third-order valence-electron chi connectivity index (χ3n) is 6.97. The van der Waals surface area contributed by atoms with E-state index in [-0.39, 0.29) is 5.91 Å². The highest BCUT2D eigenvalue weighted by atomic mass is 35.5. The summed E-state index contributed by atoms with van der Waals surface area (Å²) in [6.45, 7) is 6.82. The van der Waals surface area contributed by atoms with Crippen molar-refractivity contribution in [1.82, 2.24) is 20.0 Å². The lowest BCUT2D eigenvalue weighted by molar-refractivity contribution is 0.0744. The van der Waals surface area contributed by atoms with Gasteiger partial charge in [-0.25, -0.2) is 9.99 Å². The zero-order chi connectivity index (χ0) is 21.8. The van der Waals surface area contributed by atoms with Gasteiger partial charge in [-0.1, -0.05) is 50.1 Å². The molecule has 1 aliphatic carbocycles. The molecule has 0 atom stereocenters. The second-order valence-electron chi connectivity index (χ2n) is 9.26. The molecule has 1 aliphatic heterocycles. The molecule has 2 fully saturated rings. The standard InChI is InChI=1S/C25H35ClN4O/c1-18-17-21(26)11-12-22(18)24-27-23(25(31)28-29-14-7-4-8-15-29)19(2)30(24)16-13-20-9-5-3-6-10-20/h11-12,17,20H,3-10,13-16H2,1-2H3,(H,28,31). The van der Waals surface area contributed by atoms with Crippen LogP contribution in [0.2, 0.25) is 5.02 Å². The average molecular weight is 443 g/mol. The first-order valence-electron chi connectivity index (χ1n) is 11.9. The van der Waals surface area contributed by atoms with Crippen molar-refractivity contribution in [1.29, 1.82) is 0 Å². The average Bonchev–Trinajstić information content (AvgIpc) is 3.10. The monoisotopic (exact) mass is 442 g/mol. The van der Waals surface area contributed by atoms with Gasteiger partial charge in [0.2, 0.25) is 0 Å². The van der Waals surface area contributed by atoms with E-state index < -0.39 is 0 Å². The number of halogens is 1. The molecule has 4 rings (SSSR count). The van der Waals surface area contributed by atoms with Gasteiger partial charge in [-0.3, -0.25) is 10.2 Å². The third-order valence-corrected chi connectivity index (χ3v) is 7.20. The van der Waals surface area contributed by atoms with Gasteiger partial charge in [-0.15, -0.1) is 0 Å². The minimum Gasteiger partial charge on any atom is -0.328 e. The van der Waals surface area contributed by atoms with Crippen LogP contribution in [0.5, 0.6) is 0 Å². The van der Waals surface area contributed by atoms with Crippen molar-refractivity contribution < 1.29 is 4.79 Å². The first kappa shape index (κ1) is 22.3. The number of hydrazine groups is 1. The molecule has 1 saturated carbocycles. The van der Waals surface area contributed by atoms with Crippen LogP contribution in [0, 0.1) is 19.8 Å². The fourth-order valence-corrected chi connectivity index (χ4v) is 5.32. The van der Waals surface area contributed by atoms with Gasteiger partial charge in [0, 0.05) is 35.9 Å². The molecule has 6 heteroatoms. The molecular formula is C25H35ClN4O. The Kier molecular flexibility index (Phi) is 7.34. The SMILES string of the molecule is Cc1cc(Cl)ccc1-c1nc(C(=O)NN2CCCCC2)c(C)n1CCC1CCCCC1. The summed E-state index contributed by atoms with van der Waals surface area (Å²) in [6.07, 6.45) is 11.4. The number of nitrogens with one attached hydrogen (secondary N) is 1. The van der Waals surface area contributed by atoms with Gasteiger partial charge >= 0.3 is 0 Å². The fourth-order valence-electron chi connectivity index (χ4n) is 5.10. The smallest absolute Gasteiger partial charge is 0.286 e. The Labute approximate surface area is 191 Å². The van der Waals surface area contributed by atoms with Crippen molar-refractivity contribution >= 4 is 17.5 Å². The molecule has 1 aromatic heterocycles. The molecule has 2 aromatic rings. The van der Waals surface area contributed by atoms with Crippen molar-refractivity contribution in [2.45, 2.75) is 78.2 Å². The minimum absolute atomic E-state index is 0.0938. The van der Waals surface area contributed by atoms with Crippen LogP contribution in [-0.2, 0) is 6.54 Å². The summed E-state index contributed by atoms with van der Waals surface area (Å²) in [6, 6.07) is 5.91. The maximum atomic E-state index is 13.1. The second kappa shape index (κ2) is 10.2. The number of imidazole rings is 1. The van der Waals surface area contributed by atoms with Crippen molar-refractivity contribution in [3.63, 3.8) is 0 Å². The van der Waals surface area contributed by atoms with E-state index in [4.69, 9.17) is 16.6 Å². The number of nitrogens with zero attached hydrogens (tertiary/aromatic N) is 3. The lowest BCUT2D eigenvalue weighted by Crippen LogP contribution is -2.45. The van der Waals surface area contributed by atoms with E-state index >= 15 is 0 Å². The Balaban J connectivity index is 1.62. The molecular weight excluding hydrogens is 408 g/mol. The van der Waals surface area contributed by atoms with Crippen LogP contribution in [0.3, 0.4) is 0 Å². The summed E-state index contributed by atoms with van der Waals surface area (Å²) in [5.41, 5.74) is 6.72. The Morgan fingerprint density at radius 3 is 2.52 bits per heavy atom. The van der Waals surface area contributed by atoms with Gasteiger partial charge in [-0.05, 0) is 62.8 Å². The Bertz CT molecular complexity index is 910. The largest absolute Gasteiger partial charge is 0.328 e. The molecule has 0 bridgehead atoms. The molecule has 0 radical (unpaired) electrons. The number of hydrogen-bond acceptors (Lipinski definition) is 3. The van der Waals surface area contributed by atoms with Crippen LogP contribution < -0.4 is 5.43 Å². The molecule has 0 unspecified atom stereocenters. The topological polar surface area (TPSA) is 50.2 Å². The van der Waals surface area contributed by atoms with Gasteiger partial charge in [0.1, 0.15) is 5.82 Å². The first-order chi connectivity index (χ1) is 15.0. The zero-order valence-corrected chi connectivity index (χ0v) is 19.7. The Hall–Kier alpha value is -1.85. The van der Waals surface area contributed by atoms with E-state index in [1.165, 1.54) is 38.5 Å². The first-order valence-corrected chi connectivity index (χ1v) is 12.3. The van der Waals surface area contributed by atoms with E-state index in [9.17, 15) is 4.79 Å². The number of carbonyl (C=O) groups is 1. The van der Waals surface area contributed by atoms with Gasteiger partial charge in [0.25, 0.3) is 5.91 Å². The fraction of sp³-hybridized carbons (Fsp3) is 0.600. The summed E-state index contributed by atoms with van der Waals surface area (Å²) in [4.78, 5) is 18.0. The molecule has 1 saturated heterocycles. The van der Waals surface area contributed by atoms with Crippen molar-refractivity contribution in [2.24, 2.45) is 5.92 Å². The summed E-state index contributed by atoms with van der Waals surface area (Å²) in [5, 5.41) is 2.76. The molecule has 1 amide bonds. The van der Waals surface area contributed by atoms with E-state index in [0.29, 0.717) is 5.69 Å². The van der Waals surface area contributed by atoms with E-state index in [2.05, 4.69) is 16.9 Å². The molecule has 168 valence electrons. The summed E-state index contributed by atoms with van der Waals surface area (Å²) < 4.78 is 2.26. The maximum absolute atomic E-state index is 13.1. The molecule has 31 heavy (non-hydrogen) atoms. The molecule has 2 heterocycles. The van der Waals surface area contributed by atoms with Crippen LogP contribution in [-0.4, -0.2) is 33.6 Å². The van der Waals surface area contributed by atoms with E-state index in [0.717, 1.165) is 72.5 Å². The molecule has 1 N–H and O–H groups in total. The van der Waals surface area contributed by atoms with E-state index in [1.54, 1.807) is 0 Å². The van der Waals surface area contributed by atoms with Crippen LogP contribution in [0.4, 0.5) is 0 Å². The highest BCUT2D eigenvalue weighted by Crippen LogP contribution is 2.31. The highest BCUT2D eigenvalue weighted by molar-refractivity contribution is 6.30.